The lowest BCUT2D eigenvalue weighted by Crippen LogP contribution is -2.16. The predicted molar refractivity (Wildman–Crippen MR) is 98.8 cm³/mol. The highest BCUT2D eigenvalue weighted by atomic mass is 35.5. The molecule has 4 rings (SSSR count). The number of carbonyl (C=O) groups is 1. The summed E-state index contributed by atoms with van der Waals surface area (Å²) in [6.45, 7) is 0.189. The van der Waals surface area contributed by atoms with Crippen molar-refractivity contribution in [3.63, 3.8) is 0 Å². The first-order valence-electron chi connectivity index (χ1n) is 7.74. The number of H-pyrrole nitrogens is 1. The summed E-state index contributed by atoms with van der Waals surface area (Å²) in [7, 11) is 0. The first kappa shape index (κ1) is 15.5. The van der Waals surface area contributed by atoms with Gasteiger partial charge in [0.15, 0.2) is 0 Å². The summed E-state index contributed by atoms with van der Waals surface area (Å²) in [4.78, 5) is 15.3. The van der Waals surface area contributed by atoms with Crippen molar-refractivity contribution < 1.29 is 9.53 Å². The third-order valence-corrected chi connectivity index (χ3v) is 4.21. The molecule has 124 valence electrons. The number of hydrogen-bond donors (Lipinski definition) is 2. The Morgan fingerprint density at radius 1 is 1.12 bits per heavy atom. The Balaban J connectivity index is 1.58. The molecule has 0 aliphatic carbocycles. The number of rotatable bonds is 4. The molecular weight excluding hydrogens is 338 g/mol. The summed E-state index contributed by atoms with van der Waals surface area (Å²) in [5.74, 6) is 0.429. The SMILES string of the molecule is O=C1NN=C(COc2ccc(Cl)cc2)C1=Cc1c[nH]c2ccccc12. The smallest absolute Gasteiger partial charge is 0.273 e. The molecule has 0 fully saturated rings. The van der Waals surface area contributed by atoms with Crippen LogP contribution in [0.1, 0.15) is 5.56 Å². The molecule has 25 heavy (non-hydrogen) atoms. The molecule has 2 heterocycles. The van der Waals surface area contributed by atoms with Crippen LogP contribution >= 0.6 is 11.6 Å². The van der Waals surface area contributed by atoms with E-state index in [-0.39, 0.29) is 12.5 Å². The Bertz CT molecular complexity index is 1000. The van der Waals surface area contributed by atoms with Crippen molar-refractivity contribution in [3.05, 3.63) is 70.9 Å². The molecule has 1 aliphatic rings. The summed E-state index contributed by atoms with van der Waals surface area (Å²) in [5, 5.41) is 5.77. The van der Waals surface area contributed by atoms with Crippen LogP contribution in [0.15, 0.2) is 65.4 Å². The molecule has 0 atom stereocenters. The van der Waals surface area contributed by atoms with Gasteiger partial charge in [-0.2, -0.15) is 5.10 Å². The molecule has 3 aromatic rings. The molecule has 2 N–H and O–H groups in total. The second-order valence-corrected chi connectivity index (χ2v) is 6.03. The van der Waals surface area contributed by atoms with Crippen LogP contribution in [0.25, 0.3) is 17.0 Å². The lowest BCUT2D eigenvalue weighted by atomic mass is 10.1. The molecule has 0 saturated carbocycles. The van der Waals surface area contributed by atoms with E-state index in [9.17, 15) is 4.79 Å². The first-order chi connectivity index (χ1) is 12.2. The summed E-state index contributed by atoms with van der Waals surface area (Å²) in [5.41, 5.74) is 5.50. The van der Waals surface area contributed by atoms with Gasteiger partial charge in [-0.05, 0) is 36.4 Å². The number of halogens is 1. The number of amides is 1. The Labute approximate surface area is 149 Å². The maximum absolute atomic E-state index is 12.1. The van der Waals surface area contributed by atoms with Crippen LogP contribution in [0, 0.1) is 0 Å². The van der Waals surface area contributed by atoms with E-state index in [4.69, 9.17) is 16.3 Å². The number of fused-ring (bicyclic) bond motifs is 1. The van der Waals surface area contributed by atoms with Gasteiger partial charge in [0, 0.05) is 27.7 Å². The molecule has 5 nitrogen and oxygen atoms in total. The van der Waals surface area contributed by atoms with Gasteiger partial charge in [0.05, 0.1) is 5.57 Å². The summed E-state index contributed by atoms with van der Waals surface area (Å²) in [6.07, 6.45) is 3.70. The van der Waals surface area contributed by atoms with Crippen molar-refractivity contribution >= 4 is 40.2 Å². The molecule has 0 unspecified atom stereocenters. The average Bonchev–Trinajstić information content (AvgIpc) is 3.20. The maximum atomic E-state index is 12.1. The number of hydrazone groups is 1. The highest BCUT2D eigenvalue weighted by Crippen LogP contribution is 2.22. The van der Waals surface area contributed by atoms with E-state index in [0.29, 0.717) is 22.1 Å². The van der Waals surface area contributed by atoms with E-state index >= 15 is 0 Å². The second kappa shape index (κ2) is 6.45. The molecule has 1 amide bonds. The number of benzene rings is 2. The number of nitrogens with zero attached hydrogens (tertiary/aromatic N) is 1. The van der Waals surface area contributed by atoms with Crippen molar-refractivity contribution in [1.29, 1.82) is 0 Å². The monoisotopic (exact) mass is 351 g/mol. The first-order valence-corrected chi connectivity index (χ1v) is 8.12. The summed E-state index contributed by atoms with van der Waals surface area (Å²) in [6, 6.07) is 15.0. The largest absolute Gasteiger partial charge is 0.487 e. The van der Waals surface area contributed by atoms with Gasteiger partial charge in [-0.15, -0.1) is 0 Å². The third-order valence-electron chi connectivity index (χ3n) is 3.96. The Kier molecular flexibility index (Phi) is 3.99. The molecule has 1 aliphatic heterocycles. The molecule has 2 aromatic carbocycles. The fourth-order valence-corrected chi connectivity index (χ4v) is 2.81. The van der Waals surface area contributed by atoms with Gasteiger partial charge in [0.25, 0.3) is 5.91 Å². The molecule has 1 aromatic heterocycles. The number of para-hydroxylation sites is 1. The van der Waals surface area contributed by atoms with E-state index in [0.717, 1.165) is 16.5 Å². The fraction of sp³-hybridized carbons (Fsp3) is 0.0526. The predicted octanol–water partition coefficient (Wildman–Crippen LogP) is 3.77. The van der Waals surface area contributed by atoms with Gasteiger partial charge in [-0.3, -0.25) is 4.79 Å². The minimum absolute atomic E-state index is 0.189. The van der Waals surface area contributed by atoms with Gasteiger partial charge in [-0.25, -0.2) is 5.43 Å². The van der Waals surface area contributed by atoms with Crippen molar-refractivity contribution in [3.8, 4) is 5.75 Å². The Morgan fingerprint density at radius 3 is 2.76 bits per heavy atom. The zero-order valence-corrected chi connectivity index (χ0v) is 13.9. The standard InChI is InChI=1S/C19H14ClN3O2/c20-13-5-7-14(8-6-13)25-11-18-16(19(24)23-22-18)9-12-10-21-17-4-2-1-3-15(12)17/h1-10,21H,11H2,(H,23,24). The molecule has 0 bridgehead atoms. The van der Waals surface area contributed by atoms with E-state index < -0.39 is 0 Å². The van der Waals surface area contributed by atoms with Crippen molar-refractivity contribution in [2.45, 2.75) is 0 Å². The highest BCUT2D eigenvalue weighted by molar-refractivity contribution is 6.30. The van der Waals surface area contributed by atoms with Gasteiger partial charge < -0.3 is 9.72 Å². The summed E-state index contributed by atoms with van der Waals surface area (Å²) < 4.78 is 5.70. The van der Waals surface area contributed by atoms with Crippen LogP contribution in [-0.4, -0.2) is 23.2 Å². The van der Waals surface area contributed by atoms with E-state index in [1.807, 2.05) is 36.5 Å². The van der Waals surface area contributed by atoms with E-state index in [2.05, 4.69) is 15.5 Å². The van der Waals surface area contributed by atoms with E-state index in [1.54, 1.807) is 24.3 Å². The van der Waals surface area contributed by atoms with Gasteiger partial charge in [0.2, 0.25) is 0 Å². The van der Waals surface area contributed by atoms with Crippen LogP contribution < -0.4 is 10.2 Å². The number of aromatic nitrogens is 1. The minimum atomic E-state index is -0.236. The number of nitrogens with one attached hydrogen (secondary N) is 2. The normalized spacial score (nSPS) is 15.5. The van der Waals surface area contributed by atoms with Gasteiger partial charge in [0.1, 0.15) is 18.1 Å². The van der Waals surface area contributed by atoms with Gasteiger partial charge in [-0.1, -0.05) is 29.8 Å². The molecule has 6 heteroatoms. The number of aromatic amines is 1. The molecule has 0 radical (unpaired) electrons. The Morgan fingerprint density at radius 2 is 1.92 bits per heavy atom. The topological polar surface area (TPSA) is 66.5 Å². The minimum Gasteiger partial charge on any atom is -0.487 e. The molecule has 0 spiro atoms. The van der Waals surface area contributed by atoms with Crippen LogP contribution in [0.5, 0.6) is 5.75 Å². The number of carbonyl (C=O) groups excluding carboxylic acids is 1. The Hall–Kier alpha value is -3.05. The molecular formula is C19H14ClN3O2. The average molecular weight is 352 g/mol. The van der Waals surface area contributed by atoms with Crippen LogP contribution in [-0.2, 0) is 4.79 Å². The third kappa shape index (κ3) is 3.14. The van der Waals surface area contributed by atoms with Crippen molar-refractivity contribution in [1.82, 2.24) is 10.4 Å². The van der Waals surface area contributed by atoms with Crippen molar-refractivity contribution in [2.75, 3.05) is 6.61 Å². The van der Waals surface area contributed by atoms with Gasteiger partial charge >= 0.3 is 0 Å². The zero-order valence-electron chi connectivity index (χ0n) is 13.1. The van der Waals surface area contributed by atoms with E-state index in [1.165, 1.54) is 0 Å². The quantitative estimate of drug-likeness (QED) is 0.703. The zero-order chi connectivity index (χ0) is 17.2. The van der Waals surface area contributed by atoms with Crippen LogP contribution in [0.2, 0.25) is 5.02 Å². The summed E-state index contributed by atoms with van der Waals surface area (Å²) >= 11 is 5.86. The lowest BCUT2D eigenvalue weighted by Gasteiger charge is -2.06. The molecule has 0 saturated heterocycles. The maximum Gasteiger partial charge on any atom is 0.273 e. The second-order valence-electron chi connectivity index (χ2n) is 5.59. The number of ether oxygens (including phenoxy) is 1. The van der Waals surface area contributed by atoms with Crippen molar-refractivity contribution in [2.24, 2.45) is 5.10 Å². The highest BCUT2D eigenvalue weighted by Gasteiger charge is 2.23. The van der Waals surface area contributed by atoms with Crippen LogP contribution in [0.3, 0.4) is 0 Å². The fourth-order valence-electron chi connectivity index (χ4n) is 2.68. The lowest BCUT2D eigenvalue weighted by molar-refractivity contribution is -0.116. The van der Waals surface area contributed by atoms with Crippen LogP contribution in [0.4, 0.5) is 0 Å². The number of hydrogen-bond acceptors (Lipinski definition) is 3.